The van der Waals surface area contributed by atoms with E-state index in [1.54, 1.807) is 12.1 Å². The van der Waals surface area contributed by atoms with Crippen LogP contribution >= 0.6 is 0 Å². The molecule has 1 fully saturated rings. The van der Waals surface area contributed by atoms with Crippen molar-refractivity contribution in [3.05, 3.63) is 77.2 Å². The first kappa shape index (κ1) is 21.1. The number of halogens is 1. The number of hydrogen-bond acceptors (Lipinski definition) is 3. The van der Waals surface area contributed by atoms with Crippen molar-refractivity contribution in [2.24, 2.45) is 0 Å². The summed E-state index contributed by atoms with van der Waals surface area (Å²) in [6.07, 6.45) is 1.99. The molecule has 6 heteroatoms. The molecule has 1 amide bonds. The molecule has 0 atom stereocenters. The molecule has 162 valence electrons. The summed E-state index contributed by atoms with van der Waals surface area (Å²) < 4.78 is 15.3. The van der Waals surface area contributed by atoms with Crippen LogP contribution < -0.4 is 4.90 Å². The highest BCUT2D eigenvalue weighted by Crippen LogP contribution is 2.36. The number of benzene rings is 2. The predicted molar refractivity (Wildman–Crippen MR) is 121 cm³/mol. The predicted octanol–water partition coefficient (Wildman–Crippen LogP) is 5.01. The number of carbonyl (C=O) groups is 1. The van der Waals surface area contributed by atoms with Gasteiger partial charge in [0.2, 0.25) is 0 Å². The molecule has 5 nitrogen and oxygen atoms in total. The lowest BCUT2D eigenvalue weighted by Crippen LogP contribution is -2.33. The summed E-state index contributed by atoms with van der Waals surface area (Å²) in [4.78, 5) is 17.3. The minimum absolute atomic E-state index is 0.0608. The Hall–Kier alpha value is -3.15. The molecule has 0 spiro atoms. The molecule has 0 unspecified atom stereocenters. The van der Waals surface area contributed by atoms with E-state index in [4.69, 9.17) is 5.10 Å². The molecular weight excluding hydrogens is 391 g/mol. The van der Waals surface area contributed by atoms with Gasteiger partial charge in [0, 0.05) is 31.3 Å². The molecule has 3 aromatic rings. The van der Waals surface area contributed by atoms with Gasteiger partial charge in [0.05, 0.1) is 17.9 Å². The number of anilines is 1. The standard InChI is InChI=1S/C25H29FN4O/c1-17(2)23-22(24(28(3)4)30(27-23)21-8-6-5-7-9-21)16-29(20-14-15-20)25(31)18-10-12-19(26)13-11-18/h5-13,17,20H,14-16H2,1-4H3. The Kier molecular flexibility index (Phi) is 5.81. The molecule has 2 aromatic carbocycles. The number of para-hydroxylation sites is 1. The van der Waals surface area contributed by atoms with Crippen molar-refractivity contribution in [2.45, 2.75) is 45.2 Å². The van der Waals surface area contributed by atoms with E-state index in [1.165, 1.54) is 12.1 Å². The lowest BCUT2D eigenvalue weighted by Gasteiger charge is -2.25. The van der Waals surface area contributed by atoms with Crippen LogP contribution in [-0.4, -0.2) is 40.7 Å². The van der Waals surface area contributed by atoms with Crippen LogP contribution in [0.5, 0.6) is 0 Å². The summed E-state index contributed by atoms with van der Waals surface area (Å²) in [7, 11) is 4.01. The summed E-state index contributed by atoms with van der Waals surface area (Å²) in [6.45, 7) is 4.74. The number of rotatable bonds is 7. The summed E-state index contributed by atoms with van der Waals surface area (Å²) in [5.74, 6) is 0.790. The zero-order valence-corrected chi connectivity index (χ0v) is 18.5. The number of nitrogens with zero attached hydrogens (tertiary/aromatic N) is 4. The molecule has 0 N–H and O–H groups in total. The minimum Gasteiger partial charge on any atom is -0.362 e. The van der Waals surface area contributed by atoms with Crippen LogP contribution in [0.4, 0.5) is 10.2 Å². The zero-order valence-electron chi connectivity index (χ0n) is 18.5. The second-order valence-corrected chi connectivity index (χ2v) is 8.66. The van der Waals surface area contributed by atoms with Gasteiger partial charge in [0.1, 0.15) is 11.6 Å². The fourth-order valence-electron chi connectivity index (χ4n) is 3.96. The highest BCUT2D eigenvalue weighted by molar-refractivity contribution is 5.94. The molecule has 31 heavy (non-hydrogen) atoms. The van der Waals surface area contributed by atoms with Crippen LogP contribution in [0.25, 0.3) is 5.69 Å². The normalized spacial score (nSPS) is 13.5. The van der Waals surface area contributed by atoms with E-state index < -0.39 is 0 Å². The van der Waals surface area contributed by atoms with Crippen molar-refractivity contribution < 1.29 is 9.18 Å². The topological polar surface area (TPSA) is 41.4 Å². The molecule has 4 rings (SSSR count). The monoisotopic (exact) mass is 420 g/mol. The van der Waals surface area contributed by atoms with Crippen LogP contribution in [0.15, 0.2) is 54.6 Å². The van der Waals surface area contributed by atoms with E-state index in [2.05, 4.69) is 18.7 Å². The maximum Gasteiger partial charge on any atom is 0.254 e. The first-order valence-corrected chi connectivity index (χ1v) is 10.8. The first-order valence-electron chi connectivity index (χ1n) is 10.8. The van der Waals surface area contributed by atoms with Gasteiger partial charge in [-0.15, -0.1) is 0 Å². The van der Waals surface area contributed by atoms with Gasteiger partial charge in [-0.05, 0) is 55.2 Å². The molecule has 0 radical (unpaired) electrons. The molecular formula is C25H29FN4O. The molecule has 1 heterocycles. The van der Waals surface area contributed by atoms with Crippen molar-refractivity contribution in [3.8, 4) is 5.69 Å². The highest BCUT2D eigenvalue weighted by atomic mass is 19.1. The second kappa shape index (κ2) is 8.53. The van der Waals surface area contributed by atoms with Gasteiger partial charge in [-0.1, -0.05) is 32.0 Å². The Labute approximate surface area is 183 Å². The third kappa shape index (κ3) is 4.33. The van der Waals surface area contributed by atoms with E-state index in [-0.39, 0.29) is 23.7 Å². The molecule has 1 aromatic heterocycles. The van der Waals surface area contributed by atoms with E-state index in [0.29, 0.717) is 12.1 Å². The minimum atomic E-state index is -0.337. The Morgan fingerprint density at radius 3 is 2.29 bits per heavy atom. The van der Waals surface area contributed by atoms with Crippen molar-refractivity contribution in [3.63, 3.8) is 0 Å². The lowest BCUT2D eigenvalue weighted by atomic mass is 10.0. The molecule has 0 saturated heterocycles. The van der Waals surface area contributed by atoms with E-state index >= 15 is 0 Å². The lowest BCUT2D eigenvalue weighted by molar-refractivity contribution is 0.0729. The number of carbonyl (C=O) groups excluding carboxylic acids is 1. The molecule has 0 aliphatic heterocycles. The van der Waals surface area contributed by atoms with Gasteiger partial charge in [0.25, 0.3) is 5.91 Å². The average Bonchev–Trinajstić information content (AvgIpc) is 3.52. The quantitative estimate of drug-likeness (QED) is 0.540. The van der Waals surface area contributed by atoms with Gasteiger partial charge in [0.15, 0.2) is 0 Å². The summed E-state index contributed by atoms with van der Waals surface area (Å²) in [5, 5.41) is 4.97. The third-order valence-corrected chi connectivity index (χ3v) is 5.63. The van der Waals surface area contributed by atoms with E-state index in [9.17, 15) is 9.18 Å². The van der Waals surface area contributed by atoms with Gasteiger partial charge < -0.3 is 9.80 Å². The average molecular weight is 421 g/mol. The summed E-state index contributed by atoms with van der Waals surface area (Å²) in [6, 6.07) is 16.1. The SMILES string of the molecule is CC(C)c1nn(-c2ccccc2)c(N(C)C)c1CN(C(=O)c1ccc(F)cc1)C1CC1. The smallest absolute Gasteiger partial charge is 0.254 e. The molecule has 1 aliphatic rings. The van der Waals surface area contributed by atoms with Gasteiger partial charge in [-0.2, -0.15) is 5.10 Å². The Bertz CT molecular complexity index is 1050. The van der Waals surface area contributed by atoms with Crippen LogP contribution in [0.3, 0.4) is 0 Å². The number of hydrogen-bond donors (Lipinski definition) is 0. The zero-order chi connectivity index (χ0) is 22.1. The number of aromatic nitrogens is 2. The van der Waals surface area contributed by atoms with Crippen molar-refractivity contribution in [1.29, 1.82) is 0 Å². The molecule has 0 bridgehead atoms. The summed E-state index contributed by atoms with van der Waals surface area (Å²) in [5.41, 5.74) is 3.56. The fraction of sp³-hybridized carbons (Fsp3) is 0.360. The fourth-order valence-corrected chi connectivity index (χ4v) is 3.96. The Morgan fingerprint density at radius 2 is 1.74 bits per heavy atom. The van der Waals surface area contributed by atoms with Crippen molar-refractivity contribution in [1.82, 2.24) is 14.7 Å². The summed E-state index contributed by atoms with van der Waals surface area (Å²) >= 11 is 0. The van der Waals surface area contributed by atoms with Crippen LogP contribution in [-0.2, 0) is 6.54 Å². The molecule has 1 saturated carbocycles. The Morgan fingerprint density at radius 1 is 1.10 bits per heavy atom. The van der Waals surface area contributed by atoms with Crippen molar-refractivity contribution >= 4 is 11.7 Å². The Balaban J connectivity index is 1.77. The van der Waals surface area contributed by atoms with Crippen LogP contribution in [0.2, 0.25) is 0 Å². The van der Waals surface area contributed by atoms with Gasteiger partial charge in [-0.25, -0.2) is 9.07 Å². The highest BCUT2D eigenvalue weighted by Gasteiger charge is 2.35. The number of amides is 1. The maximum absolute atomic E-state index is 13.4. The van der Waals surface area contributed by atoms with Crippen molar-refractivity contribution in [2.75, 3.05) is 19.0 Å². The largest absolute Gasteiger partial charge is 0.362 e. The van der Waals surface area contributed by atoms with E-state index in [0.717, 1.165) is 35.6 Å². The van der Waals surface area contributed by atoms with Gasteiger partial charge >= 0.3 is 0 Å². The van der Waals surface area contributed by atoms with E-state index in [1.807, 2.05) is 54.0 Å². The third-order valence-electron chi connectivity index (χ3n) is 5.63. The van der Waals surface area contributed by atoms with Crippen LogP contribution in [0, 0.1) is 5.82 Å². The maximum atomic E-state index is 13.4. The van der Waals surface area contributed by atoms with Gasteiger partial charge in [-0.3, -0.25) is 4.79 Å². The second-order valence-electron chi connectivity index (χ2n) is 8.66. The van der Waals surface area contributed by atoms with Crippen LogP contribution in [0.1, 0.15) is 54.2 Å². The molecule has 1 aliphatic carbocycles. The first-order chi connectivity index (χ1) is 14.9.